The Balaban J connectivity index is 1.27. The van der Waals surface area contributed by atoms with Crippen molar-refractivity contribution >= 4 is 0 Å². The Kier molecular flexibility index (Phi) is 8.17. The molecule has 0 aromatic heterocycles. The molecule has 3 rings (SSSR count). The fourth-order valence-corrected chi connectivity index (χ4v) is 5.33. The maximum absolute atomic E-state index is 8.94. The monoisotopic (exact) mass is 374 g/mol. The van der Waals surface area contributed by atoms with Crippen LogP contribution in [0.5, 0.6) is 0 Å². The lowest BCUT2D eigenvalue weighted by Gasteiger charge is -2.29. The van der Waals surface area contributed by atoms with E-state index in [9.17, 15) is 0 Å². The Hall–Kier alpha value is -2.06. The molecule has 0 N–H and O–H groups in total. The summed E-state index contributed by atoms with van der Waals surface area (Å²) in [5, 5.41) is 17.6. The first kappa shape index (κ1) is 20.7. The van der Waals surface area contributed by atoms with Gasteiger partial charge in [0.25, 0.3) is 0 Å². The molecular formula is C26H34N2. The normalized spacial score (nSPS) is 27.9. The molecule has 0 unspecified atom stereocenters. The zero-order valence-electron chi connectivity index (χ0n) is 17.2. The van der Waals surface area contributed by atoms with E-state index in [1.54, 1.807) is 6.08 Å². The molecule has 1 aromatic rings. The van der Waals surface area contributed by atoms with Crippen molar-refractivity contribution < 1.29 is 0 Å². The van der Waals surface area contributed by atoms with E-state index in [0.29, 0.717) is 11.8 Å². The average molecular weight is 375 g/mol. The van der Waals surface area contributed by atoms with Crippen LogP contribution in [0.4, 0.5) is 0 Å². The van der Waals surface area contributed by atoms with E-state index >= 15 is 0 Å². The third-order valence-corrected chi connectivity index (χ3v) is 7.17. The molecule has 2 nitrogen and oxygen atoms in total. The lowest BCUT2D eigenvalue weighted by Crippen LogP contribution is -2.14. The first-order valence-corrected chi connectivity index (χ1v) is 11.3. The zero-order chi connectivity index (χ0) is 19.6. The Morgan fingerprint density at radius 2 is 1.36 bits per heavy atom. The summed E-state index contributed by atoms with van der Waals surface area (Å²) in [6.07, 6.45) is 20.1. The maximum Gasteiger partial charge on any atom is 0.0991 e. The average Bonchev–Trinajstić information content (AvgIpc) is 2.76. The summed E-state index contributed by atoms with van der Waals surface area (Å²) in [6, 6.07) is 12.6. The van der Waals surface area contributed by atoms with Crippen LogP contribution in [-0.4, -0.2) is 0 Å². The molecule has 28 heavy (non-hydrogen) atoms. The van der Waals surface area contributed by atoms with Crippen molar-refractivity contribution in [2.75, 3.05) is 0 Å². The minimum Gasteiger partial charge on any atom is -0.193 e. The molecule has 1 aromatic carbocycles. The fraction of sp³-hybridized carbons (Fsp3) is 0.615. The number of rotatable bonds is 7. The van der Waals surface area contributed by atoms with Crippen molar-refractivity contribution in [3.63, 3.8) is 0 Å². The predicted octanol–water partition coefficient (Wildman–Crippen LogP) is 7.28. The van der Waals surface area contributed by atoms with Gasteiger partial charge >= 0.3 is 0 Å². The molecule has 2 aliphatic rings. The van der Waals surface area contributed by atoms with E-state index < -0.39 is 0 Å². The Morgan fingerprint density at radius 3 is 1.89 bits per heavy atom. The lowest BCUT2D eigenvalue weighted by molar-refractivity contribution is 0.273. The largest absolute Gasteiger partial charge is 0.193 e. The third-order valence-electron chi connectivity index (χ3n) is 7.17. The highest BCUT2D eigenvalue weighted by Gasteiger charge is 2.23. The smallest absolute Gasteiger partial charge is 0.0991 e. The van der Waals surface area contributed by atoms with Gasteiger partial charge in [0.2, 0.25) is 0 Å². The van der Waals surface area contributed by atoms with E-state index in [0.717, 1.165) is 17.4 Å². The van der Waals surface area contributed by atoms with Crippen molar-refractivity contribution in [3.05, 3.63) is 47.5 Å². The molecule has 0 saturated heterocycles. The SMILES string of the molecule is N#C/C=C/[C@H]1CC[C@H](CCCC[C@H]2CC[C@H](c3ccc(C#N)cc3)CC2)CC1. The van der Waals surface area contributed by atoms with Crippen LogP contribution in [0.15, 0.2) is 36.4 Å². The summed E-state index contributed by atoms with van der Waals surface area (Å²) in [5.74, 6) is 3.22. The Bertz CT molecular complexity index is 687. The lowest BCUT2D eigenvalue weighted by atomic mass is 9.76. The molecule has 0 bridgehead atoms. The number of unbranched alkanes of at least 4 members (excludes halogenated alkanes) is 1. The van der Waals surface area contributed by atoms with Gasteiger partial charge in [-0.25, -0.2) is 0 Å². The molecule has 0 amide bonds. The van der Waals surface area contributed by atoms with Gasteiger partial charge in [-0.2, -0.15) is 10.5 Å². The van der Waals surface area contributed by atoms with Crippen LogP contribution >= 0.6 is 0 Å². The summed E-state index contributed by atoms with van der Waals surface area (Å²) in [5.41, 5.74) is 2.20. The molecule has 2 aliphatic carbocycles. The van der Waals surface area contributed by atoms with Crippen LogP contribution in [0.25, 0.3) is 0 Å². The van der Waals surface area contributed by atoms with Crippen LogP contribution in [0.3, 0.4) is 0 Å². The fourth-order valence-electron chi connectivity index (χ4n) is 5.33. The number of nitrogens with zero attached hydrogens (tertiary/aromatic N) is 2. The topological polar surface area (TPSA) is 47.6 Å². The van der Waals surface area contributed by atoms with Gasteiger partial charge in [0.05, 0.1) is 17.7 Å². The molecule has 0 aliphatic heterocycles. The molecule has 2 saturated carbocycles. The molecule has 0 heterocycles. The maximum atomic E-state index is 8.94. The first-order chi connectivity index (χ1) is 13.8. The van der Waals surface area contributed by atoms with Crippen molar-refractivity contribution in [1.82, 2.24) is 0 Å². The molecule has 2 heteroatoms. The highest BCUT2D eigenvalue weighted by Crippen LogP contribution is 2.38. The van der Waals surface area contributed by atoms with Gasteiger partial charge < -0.3 is 0 Å². The van der Waals surface area contributed by atoms with E-state index in [-0.39, 0.29) is 0 Å². The van der Waals surface area contributed by atoms with Gasteiger partial charge in [0.1, 0.15) is 0 Å². The van der Waals surface area contributed by atoms with Gasteiger partial charge in [0, 0.05) is 6.08 Å². The van der Waals surface area contributed by atoms with Crippen molar-refractivity contribution in [2.24, 2.45) is 17.8 Å². The number of nitriles is 2. The van der Waals surface area contributed by atoms with Crippen molar-refractivity contribution in [2.45, 2.75) is 83.0 Å². The third kappa shape index (κ3) is 6.24. The summed E-state index contributed by atoms with van der Waals surface area (Å²) in [6.45, 7) is 0. The predicted molar refractivity (Wildman–Crippen MR) is 115 cm³/mol. The van der Waals surface area contributed by atoms with E-state index in [1.165, 1.54) is 82.6 Å². The van der Waals surface area contributed by atoms with Crippen LogP contribution < -0.4 is 0 Å². The first-order valence-electron chi connectivity index (χ1n) is 11.3. The summed E-state index contributed by atoms with van der Waals surface area (Å²) in [7, 11) is 0. The number of allylic oxidation sites excluding steroid dienone is 2. The second-order valence-electron chi connectivity index (χ2n) is 9.00. The van der Waals surface area contributed by atoms with E-state index in [2.05, 4.69) is 30.3 Å². The number of hydrogen-bond acceptors (Lipinski definition) is 2. The highest BCUT2D eigenvalue weighted by molar-refractivity contribution is 5.33. The second kappa shape index (κ2) is 11.1. The van der Waals surface area contributed by atoms with Gasteiger partial charge in [-0.3, -0.25) is 0 Å². The Morgan fingerprint density at radius 1 is 0.786 bits per heavy atom. The Labute approximate surface area is 171 Å². The quantitative estimate of drug-likeness (QED) is 0.372. The molecule has 0 spiro atoms. The summed E-state index contributed by atoms with van der Waals surface area (Å²) < 4.78 is 0. The van der Waals surface area contributed by atoms with Gasteiger partial charge in [-0.1, -0.05) is 43.9 Å². The number of hydrogen-bond donors (Lipinski definition) is 0. The molecule has 0 atom stereocenters. The van der Waals surface area contributed by atoms with Gasteiger partial charge in [0.15, 0.2) is 0 Å². The second-order valence-corrected chi connectivity index (χ2v) is 9.00. The van der Waals surface area contributed by atoms with Gasteiger partial charge in [-0.05, 0) is 92.7 Å². The summed E-state index contributed by atoms with van der Waals surface area (Å²) in [4.78, 5) is 0. The highest BCUT2D eigenvalue weighted by atomic mass is 14.3. The minimum atomic E-state index is 0.655. The van der Waals surface area contributed by atoms with Crippen LogP contribution in [-0.2, 0) is 0 Å². The van der Waals surface area contributed by atoms with E-state index in [1.807, 2.05) is 12.1 Å². The molecular weight excluding hydrogens is 340 g/mol. The molecule has 0 radical (unpaired) electrons. The number of benzene rings is 1. The van der Waals surface area contributed by atoms with Crippen molar-refractivity contribution in [3.8, 4) is 12.1 Å². The standard InChI is InChI=1S/C26H34N2/c27-19-3-6-23-9-7-21(8-10-23)4-1-2-5-22-11-15-25(16-12-22)26-17-13-24(20-28)14-18-26/h3,6,13-14,17-18,21-23,25H,1-2,4-5,7-12,15-16H2/b6-3+/t21-,22-,23-,25-. The minimum absolute atomic E-state index is 0.655. The van der Waals surface area contributed by atoms with Crippen LogP contribution in [0, 0.1) is 40.4 Å². The zero-order valence-corrected chi connectivity index (χ0v) is 17.2. The van der Waals surface area contributed by atoms with Gasteiger partial charge in [-0.15, -0.1) is 0 Å². The van der Waals surface area contributed by atoms with Crippen LogP contribution in [0.1, 0.15) is 94.1 Å². The summed E-state index contributed by atoms with van der Waals surface area (Å²) >= 11 is 0. The van der Waals surface area contributed by atoms with Crippen LogP contribution in [0.2, 0.25) is 0 Å². The molecule has 2 fully saturated rings. The van der Waals surface area contributed by atoms with Crippen molar-refractivity contribution in [1.29, 1.82) is 10.5 Å². The molecule has 148 valence electrons. The van der Waals surface area contributed by atoms with E-state index in [4.69, 9.17) is 10.5 Å².